The van der Waals surface area contributed by atoms with Crippen LogP contribution in [0.15, 0.2) is 18.2 Å². The predicted molar refractivity (Wildman–Crippen MR) is 80.3 cm³/mol. The van der Waals surface area contributed by atoms with Crippen LogP contribution in [0.4, 0.5) is 0 Å². The van der Waals surface area contributed by atoms with Gasteiger partial charge in [-0.25, -0.2) is 0 Å². The average Bonchev–Trinajstić information content (AvgIpc) is 2.42. The first kappa shape index (κ1) is 14.8. The van der Waals surface area contributed by atoms with E-state index >= 15 is 0 Å². The number of Topliss-reactive ketones (excluding diaryl/α,β-unsaturated/α-hetero) is 1. The van der Waals surface area contributed by atoms with E-state index in [1.54, 1.807) is 18.2 Å². The molecule has 2 rings (SSSR count). The Morgan fingerprint density at radius 1 is 1.32 bits per heavy atom. The summed E-state index contributed by atoms with van der Waals surface area (Å²) in [6.45, 7) is 3.02. The van der Waals surface area contributed by atoms with E-state index in [4.69, 9.17) is 23.2 Å². The standard InChI is InChI=1S/C15H19Cl2NO/c1-2-7-15(8-3-4-9-18-15)14(19)11-5-6-12(16)13(17)10-11/h5-6,10,18H,2-4,7-9H2,1H3. The van der Waals surface area contributed by atoms with Crippen molar-refractivity contribution < 1.29 is 4.79 Å². The Morgan fingerprint density at radius 2 is 2.11 bits per heavy atom. The lowest BCUT2D eigenvalue weighted by molar-refractivity contribution is 0.0797. The number of piperidine rings is 1. The van der Waals surface area contributed by atoms with Gasteiger partial charge in [-0.15, -0.1) is 0 Å². The van der Waals surface area contributed by atoms with Crippen molar-refractivity contribution in [2.24, 2.45) is 0 Å². The van der Waals surface area contributed by atoms with E-state index in [1.807, 2.05) is 0 Å². The zero-order chi connectivity index (χ0) is 13.9. The second-order valence-electron chi connectivity index (χ2n) is 5.17. The van der Waals surface area contributed by atoms with Crippen molar-refractivity contribution in [3.63, 3.8) is 0 Å². The summed E-state index contributed by atoms with van der Waals surface area (Å²) < 4.78 is 0. The average molecular weight is 300 g/mol. The van der Waals surface area contributed by atoms with E-state index in [0.29, 0.717) is 15.6 Å². The fourth-order valence-electron chi connectivity index (χ4n) is 2.83. The fourth-order valence-corrected chi connectivity index (χ4v) is 3.13. The lowest BCUT2D eigenvalue weighted by Crippen LogP contribution is -2.54. The van der Waals surface area contributed by atoms with Crippen LogP contribution in [-0.4, -0.2) is 17.9 Å². The van der Waals surface area contributed by atoms with Crippen LogP contribution in [0.3, 0.4) is 0 Å². The molecule has 1 aromatic carbocycles. The van der Waals surface area contributed by atoms with Gasteiger partial charge in [-0.3, -0.25) is 4.79 Å². The third-order valence-corrected chi connectivity index (χ3v) is 4.53. The summed E-state index contributed by atoms with van der Waals surface area (Å²) in [5.74, 6) is 0.146. The second kappa shape index (κ2) is 6.25. The van der Waals surface area contributed by atoms with Crippen LogP contribution >= 0.6 is 23.2 Å². The number of nitrogens with one attached hydrogen (secondary N) is 1. The Balaban J connectivity index is 2.30. The molecular formula is C15H19Cl2NO. The smallest absolute Gasteiger partial charge is 0.182 e. The lowest BCUT2D eigenvalue weighted by Gasteiger charge is -2.37. The molecule has 4 heteroatoms. The predicted octanol–water partition coefficient (Wildman–Crippen LogP) is 4.49. The number of hydrogen-bond donors (Lipinski definition) is 1. The first-order valence-electron chi connectivity index (χ1n) is 6.84. The molecule has 1 unspecified atom stereocenters. The zero-order valence-electron chi connectivity index (χ0n) is 11.1. The molecule has 1 fully saturated rings. The highest BCUT2D eigenvalue weighted by Crippen LogP contribution is 2.30. The maximum Gasteiger partial charge on any atom is 0.182 e. The molecule has 1 aromatic rings. The Morgan fingerprint density at radius 3 is 2.68 bits per heavy atom. The molecule has 0 radical (unpaired) electrons. The highest BCUT2D eigenvalue weighted by atomic mass is 35.5. The molecule has 0 bridgehead atoms. The van der Waals surface area contributed by atoms with Gasteiger partial charge in [0.15, 0.2) is 5.78 Å². The fraction of sp³-hybridized carbons (Fsp3) is 0.533. The quantitative estimate of drug-likeness (QED) is 0.830. The molecule has 1 aliphatic heterocycles. The van der Waals surface area contributed by atoms with Crippen molar-refractivity contribution in [1.82, 2.24) is 5.32 Å². The van der Waals surface area contributed by atoms with Crippen LogP contribution < -0.4 is 5.32 Å². The monoisotopic (exact) mass is 299 g/mol. The van der Waals surface area contributed by atoms with Crippen molar-refractivity contribution in [1.29, 1.82) is 0 Å². The zero-order valence-corrected chi connectivity index (χ0v) is 12.7. The van der Waals surface area contributed by atoms with E-state index in [9.17, 15) is 4.79 Å². The van der Waals surface area contributed by atoms with Gasteiger partial charge < -0.3 is 5.32 Å². The van der Waals surface area contributed by atoms with Gasteiger partial charge >= 0.3 is 0 Å². The van der Waals surface area contributed by atoms with Crippen molar-refractivity contribution in [3.8, 4) is 0 Å². The van der Waals surface area contributed by atoms with Crippen LogP contribution in [0.2, 0.25) is 10.0 Å². The number of ketones is 1. The molecule has 104 valence electrons. The van der Waals surface area contributed by atoms with Gasteiger partial charge in [0, 0.05) is 5.56 Å². The van der Waals surface area contributed by atoms with E-state index in [1.165, 1.54) is 0 Å². The number of rotatable bonds is 4. The van der Waals surface area contributed by atoms with Gasteiger partial charge in [0.1, 0.15) is 0 Å². The maximum atomic E-state index is 12.8. The summed E-state index contributed by atoms with van der Waals surface area (Å²) >= 11 is 11.9. The number of hydrogen-bond acceptors (Lipinski definition) is 2. The van der Waals surface area contributed by atoms with Gasteiger partial charge in [0.2, 0.25) is 0 Å². The minimum atomic E-state index is -0.413. The Bertz CT molecular complexity index is 462. The molecule has 0 saturated carbocycles. The number of benzene rings is 1. The largest absolute Gasteiger partial charge is 0.305 e. The molecule has 1 aliphatic rings. The van der Waals surface area contributed by atoms with E-state index in [-0.39, 0.29) is 5.78 Å². The molecule has 1 heterocycles. The highest BCUT2D eigenvalue weighted by Gasteiger charge is 2.38. The Labute approximate surface area is 124 Å². The molecule has 0 amide bonds. The first-order chi connectivity index (χ1) is 9.09. The third-order valence-electron chi connectivity index (χ3n) is 3.79. The lowest BCUT2D eigenvalue weighted by atomic mass is 9.79. The highest BCUT2D eigenvalue weighted by molar-refractivity contribution is 6.42. The summed E-state index contributed by atoms with van der Waals surface area (Å²) in [6, 6.07) is 5.14. The van der Waals surface area contributed by atoms with Crippen LogP contribution in [0.5, 0.6) is 0 Å². The SMILES string of the molecule is CCCC1(C(=O)c2ccc(Cl)c(Cl)c2)CCCCN1. The maximum absolute atomic E-state index is 12.8. The number of carbonyl (C=O) groups is 1. The van der Waals surface area contributed by atoms with E-state index in [2.05, 4.69) is 12.2 Å². The Kier molecular flexibility index (Phi) is 4.88. The van der Waals surface area contributed by atoms with Gasteiger partial charge in [0.25, 0.3) is 0 Å². The summed E-state index contributed by atoms with van der Waals surface area (Å²) in [5.41, 5.74) is 0.238. The normalized spacial score (nSPS) is 23.3. The van der Waals surface area contributed by atoms with Gasteiger partial charge in [-0.1, -0.05) is 36.5 Å². The van der Waals surface area contributed by atoms with Gasteiger partial charge in [-0.2, -0.15) is 0 Å². The van der Waals surface area contributed by atoms with E-state index in [0.717, 1.165) is 38.6 Å². The summed E-state index contributed by atoms with van der Waals surface area (Å²) in [4.78, 5) is 12.8. The minimum absolute atomic E-state index is 0.146. The summed E-state index contributed by atoms with van der Waals surface area (Å²) in [5, 5.41) is 4.37. The van der Waals surface area contributed by atoms with Crippen LogP contribution in [0.1, 0.15) is 49.4 Å². The molecule has 0 aliphatic carbocycles. The van der Waals surface area contributed by atoms with Gasteiger partial charge in [-0.05, 0) is 50.4 Å². The number of halogens is 2. The molecule has 19 heavy (non-hydrogen) atoms. The first-order valence-corrected chi connectivity index (χ1v) is 7.59. The van der Waals surface area contributed by atoms with Crippen molar-refractivity contribution in [2.45, 2.75) is 44.6 Å². The van der Waals surface area contributed by atoms with Crippen molar-refractivity contribution in [3.05, 3.63) is 33.8 Å². The summed E-state index contributed by atoms with van der Waals surface area (Å²) in [6.07, 6.45) is 4.99. The minimum Gasteiger partial charge on any atom is -0.305 e. The summed E-state index contributed by atoms with van der Waals surface area (Å²) in [7, 11) is 0. The molecular weight excluding hydrogens is 281 g/mol. The molecule has 2 nitrogen and oxygen atoms in total. The topological polar surface area (TPSA) is 29.1 Å². The molecule has 1 saturated heterocycles. The third kappa shape index (κ3) is 3.13. The second-order valence-corrected chi connectivity index (χ2v) is 5.99. The van der Waals surface area contributed by atoms with Crippen LogP contribution in [-0.2, 0) is 0 Å². The van der Waals surface area contributed by atoms with Gasteiger partial charge in [0.05, 0.1) is 15.6 Å². The van der Waals surface area contributed by atoms with Crippen molar-refractivity contribution in [2.75, 3.05) is 6.54 Å². The molecule has 0 spiro atoms. The molecule has 0 aromatic heterocycles. The van der Waals surface area contributed by atoms with Crippen LogP contribution in [0, 0.1) is 0 Å². The van der Waals surface area contributed by atoms with Crippen LogP contribution in [0.25, 0.3) is 0 Å². The molecule has 1 atom stereocenters. The number of carbonyl (C=O) groups excluding carboxylic acids is 1. The Hall–Kier alpha value is -0.570. The molecule has 1 N–H and O–H groups in total. The van der Waals surface area contributed by atoms with Crippen molar-refractivity contribution >= 4 is 29.0 Å². The van der Waals surface area contributed by atoms with E-state index < -0.39 is 5.54 Å².